The summed E-state index contributed by atoms with van der Waals surface area (Å²) < 4.78 is 6.08. The molecule has 1 aliphatic heterocycles. The molecule has 0 amide bonds. The number of H-pyrrole nitrogens is 1. The van der Waals surface area contributed by atoms with Gasteiger partial charge in [0.25, 0.3) is 0 Å². The number of hydrogen-bond donors (Lipinski definition) is 1. The number of hydrogen-bond acceptors (Lipinski definition) is 6. The molecule has 7 heteroatoms. The van der Waals surface area contributed by atoms with Crippen molar-refractivity contribution in [2.45, 2.75) is 33.2 Å². The van der Waals surface area contributed by atoms with Crippen LogP contribution in [-0.4, -0.2) is 63.4 Å². The van der Waals surface area contributed by atoms with Crippen LogP contribution in [-0.2, 0) is 19.4 Å². The highest BCUT2D eigenvalue weighted by Crippen LogP contribution is 2.27. The Balaban J connectivity index is 1.29. The number of aromatic nitrogens is 4. The van der Waals surface area contributed by atoms with Crippen molar-refractivity contribution in [3.63, 3.8) is 0 Å². The van der Waals surface area contributed by atoms with Crippen molar-refractivity contribution < 1.29 is 4.42 Å². The van der Waals surface area contributed by atoms with Gasteiger partial charge in [0, 0.05) is 61.4 Å². The smallest absolute Gasteiger partial charge is 0.168 e. The van der Waals surface area contributed by atoms with Crippen LogP contribution in [0.5, 0.6) is 0 Å². The average molecular weight is 505 g/mol. The van der Waals surface area contributed by atoms with E-state index in [1.165, 1.54) is 22.3 Å². The van der Waals surface area contributed by atoms with Gasteiger partial charge in [-0.05, 0) is 61.7 Å². The lowest BCUT2D eigenvalue weighted by molar-refractivity contribution is 0.148. The first kappa shape index (κ1) is 24.4. The van der Waals surface area contributed by atoms with Gasteiger partial charge in [-0.25, -0.2) is 4.98 Å². The van der Waals surface area contributed by atoms with Crippen molar-refractivity contribution in [1.29, 1.82) is 0 Å². The van der Waals surface area contributed by atoms with Crippen LogP contribution >= 0.6 is 0 Å². The van der Waals surface area contributed by atoms with E-state index in [0.29, 0.717) is 5.69 Å². The van der Waals surface area contributed by atoms with E-state index in [0.717, 1.165) is 78.8 Å². The highest BCUT2D eigenvalue weighted by molar-refractivity contribution is 5.86. The Kier molecular flexibility index (Phi) is 6.67. The second-order valence-electron chi connectivity index (χ2n) is 10.3. The Bertz CT molecular complexity index is 1660. The van der Waals surface area contributed by atoms with Crippen molar-refractivity contribution in [3.8, 4) is 11.8 Å². The van der Waals surface area contributed by atoms with Crippen LogP contribution in [0.3, 0.4) is 0 Å². The number of aryl methyl sites for hydroxylation is 2. The Morgan fingerprint density at radius 2 is 1.76 bits per heavy atom. The van der Waals surface area contributed by atoms with Crippen LogP contribution in [0, 0.1) is 18.8 Å². The average Bonchev–Trinajstić information content (AvgIpc) is 3.55. The Hall–Kier alpha value is -3.99. The predicted molar refractivity (Wildman–Crippen MR) is 150 cm³/mol. The zero-order valence-corrected chi connectivity index (χ0v) is 22.2. The number of benzene rings is 2. The molecule has 1 N–H and O–H groups in total. The summed E-state index contributed by atoms with van der Waals surface area (Å²) in [6.45, 7) is 9.81. The minimum absolute atomic E-state index is 0.672. The SMILES string of the molecule is CCc1cc2c(Cc3cc(C)cc(CN4CCN(C)CC4)c3)coc2c(C#Cc2ccc3n[nH]nc3c2)n1. The van der Waals surface area contributed by atoms with Crippen molar-refractivity contribution in [3.05, 3.63) is 87.9 Å². The standard InChI is InChI=1S/C31H32N6O/c1-4-26-18-27-25(16-23-13-21(2)14-24(15-23)19-37-11-9-36(3)10-12-37)20-38-31(27)29(32-26)8-6-22-5-7-28-30(17-22)34-35-33-28/h5,7,13-15,17-18,20H,4,9-12,16,19H2,1-3H3,(H,33,34,35). The number of fused-ring (bicyclic) bond motifs is 2. The topological polar surface area (TPSA) is 74.1 Å². The monoisotopic (exact) mass is 504 g/mol. The lowest BCUT2D eigenvalue weighted by Crippen LogP contribution is -2.43. The number of furan rings is 1. The lowest BCUT2D eigenvalue weighted by atomic mass is 9.99. The number of nitrogens with zero attached hydrogens (tertiary/aromatic N) is 5. The Labute approximate surface area is 222 Å². The third-order valence-electron chi connectivity index (χ3n) is 7.29. The van der Waals surface area contributed by atoms with Crippen molar-refractivity contribution >= 4 is 22.0 Å². The molecule has 1 fully saturated rings. The molecule has 0 saturated carbocycles. The summed E-state index contributed by atoms with van der Waals surface area (Å²) in [5.41, 5.74) is 10.1. The second kappa shape index (κ2) is 10.4. The first-order valence-corrected chi connectivity index (χ1v) is 13.3. The maximum absolute atomic E-state index is 6.08. The van der Waals surface area contributed by atoms with Crippen molar-refractivity contribution in [1.82, 2.24) is 30.2 Å². The zero-order valence-electron chi connectivity index (χ0n) is 22.2. The molecule has 4 heterocycles. The molecule has 5 aromatic rings. The van der Waals surface area contributed by atoms with Crippen molar-refractivity contribution in [2.24, 2.45) is 0 Å². The summed E-state index contributed by atoms with van der Waals surface area (Å²) in [5, 5.41) is 12.0. The largest absolute Gasteiger partial charge is 0.461 e. The molecule has 3 aromatic heterocycles. The molecule has 0 radical (unpaired) electrons. The first-order chi connectivity index (χ1) is 18.5. The van der Waals surface area contributed by atoms with Gasteiger partial charge in [-0.2, -0.15) is 15.4 Å². The minimum atomic E-state index is 0.672. The summed E-state index contributed by atoms with van der Waals surface area (Å²) >= 11 is 0. The van der Waals surface area contributed by atoms with E-state index in [4.69, 9.17) is 9.40 Å². The molecule has 0 spiro atoms. The van der Waals surface area contributed by atoms with E-state index in [2.05, 4.69) is 82.2 Å². The fraction of sp³-hybridized carbons (Fsp3) is 0.323. The molecule has 0 unspecified atom stereocenters. The van der Waals surface area contributed by atoms with E-state index in [1.54, 1.807) is 0 Å². The van der Waals surface area contributed by atoms with Crippen molar-refractivity contribution in [2.75, 3.05) is 33.2 Å². The quantitative estimate of drug-likeness (QED) is 0.350. The minimum Gasteiger partial charge on any atom is -0.461 e. The van der Waals surface area contributed by atoms with Crippen LogP contribution < -0.4 is 0 Å². The maximum atomic E-state index is 6.08. The predicted octanol–water partition coefficient (Wildman–Crippen LogP) is 4.71. The number of rotatable bonds is 5. The number of aromatic amines is 1. The van der Waals surface area contributed by atoms with Gasteiger partial charge in [0.2, 0.25) is 0 Å². The molecule has 1 aliphatic rings. The Morgan fingerprint density at radius 3 is 2.61 bits per heavy atom. The van der Waals surface area contributed by atoms with Gasteiger partial charge in [0.1, 0.15) is 11.0 Å². The number of likely N-dealkylation sites (N-methyl/N-ethyl adjacent to an activating group) is 1. The molecule has 7 nitrogen and oxygen atoms in total. The van der Waals surface area contributed by atoms with Gasteiger partial charge in [0.05, 0.1) is 6.26 Å². The van der Waals surface area contributed by atoms with E-state index in [-0.39, 0.29) is 0 Å². The van der Waals surface area contributed by atoms with Crippen LogP contribution in [0.2, 0.25) is 0 Å². The summed E-state index contributed by atoms with van der Waals surface area (Å²) in [5.74, 6) is 6.50. The summed E-state index contributed by atoms with van der Waals surface area (Å²) in [4.78, 5) is 9.75. The van der Waals surface area contributed by atoms with Gasteiger partial charge in [-0.15, -0.1) is 0 Å². The first-order valence-electron chi connectivity index (χ1n) is 13.3. The highest BCUT2D eigenvalue weighted by atomic mass is 16.3. The molecular weight excluding hydrogens is 472 g/mol. The number of nitrogens with one attached hydrogen (secondary N) is 1. The maximum Gasteiger partial charge on any atom is 0.168 e. The molecule has 2 aromatic carbocycles. The lowest BCUT2D eigenvalue weighted by Gasteiger charge is -2.32. The fourth-order valence-corrected chi connectivity index (χ4v) is 5.22. The summed E-state index contributed by atoms with van der Waals surface area (Å²) in [6.07, 6.45) is 3.52. The van der Waals surface area contributed by atoms with Crippen LogP contribution in [0.15, 0.2) is 53.1 Å². The summed E-state index contributed by atoms with van der Waals surface area (Å²) in [7, 11) is 2.20. The van der Waals surface area contributed by atoms with Gasteiger partial charge in [0.15, 0.2) is 11.3 Å². The van der Waals surface area contributed by atoms with E-state index in [9.17, 15) is 0 Å². The van der Waals surface area contributed by atoms with E-state index < -0.39 is 0 Å². The van der Waals surface area contributed by atoms with E-state index in [1.807, 2.05) is 24.5 Å². The van der Waals surface area contributed by atoms with Gasteiger partial charge in [-0.3, -0.25) is 4.90 Å². The molecule has 0 bridgehead atoms. The van der Waals surface area contributed by atoms with Crippen LogP contribution in [0.4, 0.5) is 0 Å². The van der Waals surface area contributed by atoms with Crippen LogP contribution in [0.25, 0.3) is 22.0 Å². The molecule has 192 valence electrons. The molecule has 38 heavy (non-hydrogen) atoms. The van der Waals surface area contributed by atoms with Gasteiger partial charge >= 0.3 is 0 Å². The normalized spacial score (nSPS) is 14.7. The molecule has 0 aliphatic carbocycles. The number of piperazine rings is 1. The summed E-state index contributed by atoms with van der Waals surface area (Å²) in [6, 6.07) is 14.9. The Morgan fingerprint density at radius 1 is 0.947 bits per heavy atom. The molecule has 6 rings (SSSR count). The molecule has 1 saturated heterocycles. The molecule has 0 atom stereocenters. The third-order valence-corrected chi connectivity index (χ3v) is 7.29. The third kappa shape index (κ3) is 5.19. The van der Waals surface area contributed by atoms with Gasteiger partial charge < -0.3 is 9.32 Å². The highest BCUT2D eigenvalue weighted by Gasteiger charge is 2.16. The second-order valence-corrected chi connectivity index (χ2v) is 10.3. The number of pyridine rings is 1. The molecular formula is C31H32N6O. The van der Waals surface area contributed by atoms with Gasteiger partial charge in [-0.1, -0.05) is 36.6 Å². The van der Waals surface area contributed by atoms with Crippen LogP contribution in [0.1, 0.15) is 46.1 Å². The zero-order chi connectivity index (χ0) is 26.1. The van der Waals surface area contributed by atoms with E-state index >= 15 is 0 Å². The fourth-order valence-electron chi connectivity index (χ4n) is 5.22.